The van der Waals surface area contributed by atoms with E-state index in [1.807, 2.05) is 31.2 Å². The van der Waals surface area contributed by atoms with E-state index in [0.717, 1.165) is 29.9 Å². The second-order valence-electron chi connectivity index (χ2n) is 7.11. The van der Waals surface area contributed by atoms with Crippen LogP contribution in [-0.4, -0.2) is 35.9 Å². The Morgan fingerprint density at radius 1 is 1.13 bits per heavy atom. The number of halogens is 3. The van der Waals surface area contributed by atoms with Crippen molar-refractivity contribution < 1.29 is 27.5 Å². The van der Waals surface area contributed by atoms with E-state index in [4.69, 9.17) is 4.74 Å². The number of likely N-dealkylation sites (tertiary alicyclic amines) is 1. The van der Waals surface area contributed by atoms with Crippen molar-refractivity contribution in [1.82, 2.24) is 4.90 Å². The van der Waals surface area contributed by atoms with E-state index in [0.29, 0.717) is 0 Å². The third kappa shape index (κ3) is 4.93. The Bertz CT molecular complexity index is 937. The Hall–Kier alpha value is -3.03. The molecule has 160 valence electrons. The first-order valence-corrected chi connectivity index (χ1v) is 9.77. The van der Waals surface area contributed by atoms with Crippen molar-refractivity contribution in [3.8, 4) is 5.75 Å². The predicted octanol–water partition coefficient (Wildman–Crippen LogP) is 4.52. The van der Waals surface area contributed by atoms with Gasteiger partial charge in [0.2, 0.25) is 5.91 Å². The van der Waals surface area contributed by atoms with Crippen LogP contribution in [0.25, 0.3) is 0 Å². The summed E-state index contributed by atoms with van der Waals surface area (Å²) in [4.78, 5) is 25.7. The van der Waals surface area contributed by atoms with Crippen molar-refractivity contribution >= 4 is 17.5 Å². The van der Waals surface area contributed by atoms with Gasteiger partial charge in [0.25, 0.3) is 5.91 Å². The van der Waals surface area contributed by atoms with Crippen LogP contribution in [0.3, 0.4) is 0 Å². The fourth-order valence-corrected chi connectivity index (χ4v) is 3.19. The molecule has 0 unspecified atom stereocenters. The van der Waals surface area contributed by atoms with Gasteiger partial charge in [-0.2, -0.15) is 13.2 Å². The highest BCUT2D eigenvalue weighted by molar-refractivity contribution is 5.98. The summed E-state index contributed by atoms with van der Waals surface area (Å²) in [6.07, 6.45) is -3.93. The van der Waals surface area contributed by atoms with Gasteiger partial charge in [-0.1, -0.05) is 32.0 Å². The minimum atomic E-state index is -4.63. The molecule has 0 bridgehead atoms. The standard InChI is InChI=1S/C22H23F3N2O3/c1-3-14-7-5-6-8-19(14)30-18-12-27(13-18)21(29)15-9-16(22(23,24)25)11-17(10-15)26-20(28)4-2/h5-11,18H,3-4,12-13H2,1-2H3,(H,26,28). The molecule has 0 aromatic heterocycles. The number of nitrogens with one attached hydrogen (secondary N) is 1. The summed E-state index contributed by atoms with van der Waals surface area (Å²) in [6, 6.07) is 10.5. The first kappa shape index (κ1) is 21.7. The average Bonchev–Trinajstić information content (AvgIpc) is 2.69. The van der Waals surface area contributed by atoms with Gasteiger partial charge >= 0.3 is 6.18 Å². The summed E-state index contributed by atoms with van der Waals surface area (Å²) in [7, 11) is 0. The summed E-state index contributed by atoms with van der Waals surface area (Å²) >= 11 is 0. The molecule has 1 saturated heterocycles. The number of para-hydroxylation sites is 1. The predicted molar refractivity (Wildman–Crippen MR) is 107 cm³/mol. The number of alkyl halides is 3. The molecule has 5 nitrogen and oxygen atoms in total. The van der Waals surface area contributed by atoms with Gasteiger partial charge in [-0.05, 0) is 36.2 Å². The second-order valence-corrected chi connectivity index (χ2v) is 7.11. The summed E-state index contributed by atoms with van der Waals surface area (Å²) in [6.45, 7) is 4.17. The lowest BCUT2D eigenvalue weighted by molar-refractivity contribution is -0.137. The highest BCUT2D eigenvalue weighted by Crippen LogP contribution is 2.33. The maximum Gasteiger partial charge on any atom is 0.416 e. The number of carbonyl (C=O) groups is 2. The van der Waals surface area contributed by atoms with E-state index >= 15 is 0 Å². The second kappa shape index (κ2) is 8.77. The van der Waals surface area contributed by atoms with Crippen LogP contribution in [-0.2, 0) is 17.4 Å². The zero-order valence-corrected chi connectivity index (χ0v) is 16.8. The number of carbonyl (C=O) groups excluding carboxylic acids is 2. The molecule has 3 rings (SSSR count). The highest BCUT2D eigenvalue weighted by Gasteiger charge is 2.36. The Morgan fingerprint density at radius 3 is 2.47 bits per heavy atom. The van der Waals surface area contributed by atoms with Crippen molar-refractivity contribution in [3.63, 3.8) is 0 Å². The van der Waals surface area contributed by atoms with Crippen molar-refractivity contribution in [3.05, 3.63) is 59.2 Å². The highest BCUT2D eigenvalue weighted by atomic mass is 19.4. The van der Waals surface area contributed by atoms with E-state index in [9.17, 15) is 22.8 Å². The number of rotatable bonds is 6. The molecule has 8 heteroatoms. The lowest BCUT2D eigenvalue weighted by Gasteiger charge is -2.39. The van der Waals surface area contributed by atoms with Crippen LogP contribution in [0.1, 0.15) is 41.8 Å². The van der Waals surface area contributed by atoms with Gasteiger partial charge in [0, 0.05) is 17.7 Å². The number of hydrogen-bond donors (Lipinski definition) is 1. The summed E-state index contributed by atoms with van der Waals surface area (Å²) in [5.74, 6) is -0.211. The smallest absolute Gasteiger partial charge is 0.416 e. The Labute approximate surface area is 172 Å². The van der Waals surface area contributed by atoms with E-state index < -0.39 is 23.6 Å². The van der Waals surface area contributed by atoms with Crippen molar-refractivity contribution in [1.29, 1.82) is 0 Å². The molecule has 0 spiro atoms. The molecule has 1 aliphatic rings. The molecule has 0 aliphatic carbocycles. The van der Waals surface area contributed by atoms with Crippen LogP contribution in [0.4, 0.5) is 18.9 Å². The van der Waals surface area contributed by atoms with Crippen LogP contribution >= 0.6 is 0 Å². The molecular formula is C22H23F3N2O3. The average molecular weight is 420 g/mol. The van der Waals surface area contributed by atoms with E-state index in [2.05, 4.69) is 5.32 Å². The molecule has 1 aliphatic heterocycles. The number of anilines is 1. The molecule has 2 aromatic rings. The zero-order chi connectivity index (χ0) is 21.9. The molecule has 2 amide bonds. The Kier molecular flexibility index (Phi) is 6.34. The Balaban J connectivity index is 1.72. The monoisotopic (exact) mass is 420 g/mol. The van der Waals surface area contributed by atoms with Crippen LogP contribution in [0.5, 0.6) is 5.75 Å². The molecule has 1 heterocycles. The maximum atomic E-state index is 13.2. The quantitative estimate of drug-likeness (QED) is 0.748. The van der Waals surface area contributed by atoms with Gasteiger partial charge in [0.15, 0.2) is 0 Å². The van der Waals surface area contributed by atoms with Gasteiger partial charge in [-0.15, -0.1) is 0 Å². The number of ether oxygens (including phenoxy) is 1. The molecule has 0 radical (unpaired) electrons. The van der Waals surface area contributed by atoms with E-state index in [1.54, 1.807) is 6.92 Å². The number of benzene rings is 2. The fourth-order valence-electron chi connectivity index (χ4n) is 3.19. The van der Waals surface area contributed by atoms with E-state index in [1.165, 1.54) is 11.0 Å². The van der Waals surface area contributed by atoms with Gasteiger partial charge < -0.3 is 15.0 Å². The number of amides is 2. The maximum absolute atomic E-state index is 13.2. The SMILES string of the molecule is CCC(=O)Nc1cc(C(=O)N2CC(Oc3ccccc3CC)C2)cc(C(F)(F)F)c1. The van der Waals surface area contributed by atoms with Crippen LogP contribution < -0.4 is 10.1 Å². The third-order valence-electron chi connectivity index (χ3n) is 4.89. The minimum absolute atomic E-state index is 0.0507. The van der Waals surface area contributed by atoms with Crippen LogP contribution in [0, 0.1) is 0 Å². The van der Waals surface area contributed by atoms with Crippen molar-refractivity contribution in [2.24, 2.45) is 0 Å². The number of hydrogen-bond acceptors (Lipinski definition) is 3. The summed E-state index contributed by atoms with van der Waals surface area (Å²) in [5, 5.41) is 2.39. The van der Waals surface area contributed by atoms with Gasteiger partial charge in [-0.25, -0.2) is 0 Å². The lowest BCUT2D eigenvalue weighted by atomic mass is 10.0. The topological polar surface area (TPSA) is 58.6 Å². The molecular weight excluding hydrogens is 397 g/mol. The van der Waals surface area contributed by atoms with Crippen LogP contribution in [0.2, 0.25) is 0 Å². The Morgan fingerprint density at radius 2 is 1.83 bits per heavy atom. The first-order chi connectivity index (χ1) is 14.2. The van der Waals surface area contributed by atoms with Gasteiger partial charge in [-0.3, -0.25) is 9.59 Å². The third-order valence-corrected chi connectivity index (χ3v) is 4.89. The van der Waals surface area contributed by atoms with Crippen molar-refractivity contribution in [2.75, 3.05) is 18.4 Å². The number of aryl methyl sites for hydroxylation is 1. The van der Waals surface area contributed by atoms with Crippen LogP contribution in [0.15, 0.2) is 42.5 Å². The lowest BCUT2D eigenvalue weighted by Crippen LogP contribution is -2.56. The molecule has 2 aromatic carbocycles. The zero-order valence-electron chi connectivity index (χ0n) is 16.8. The molecule has 0 atom stereocenters. The molecule has 1 N–H and O–H groups in total. The van der Waals surface area contributed by atoms with Crippen molar-refractivity contribution in [2.45, 2.75) is 39.0 Å². The largest absolute Gasteiger partial charge is 0.486 e. The first-order valence-electron chi connectivity index (χ1n) is 9.77. The molecule has 30 heavy (non-hydrogen) atoms. The van der Waals surface area contributed by atoms with Gasteiger partial charge in [0.05, 0.1) is 18.7 Å². The normalized spacial score (nSPS) is 14.2. The molecule has 1 fully saturated rings. The van der Waals surface area contributed by atoms with Gasteiger partial charge in [0.1, 0.15) is 11.9 Å². The number of nitrogens with zero attached hydrogens (tertiary/aromatic N) is 1. The minimum Gasteiger partial charge on any atom is -0.486 e. The summed E-state index contributed by atoms with van der Waals surface area (Å²) < 4.78 is 45.7. The molecule has 0 saturated carbocycles. The fraction of sp³-hybridized carbons (Fsp3) is 0.364. The van der Waals surface area contributed by atoms with E-state index in [-0.39, 0.29) is 36.9 Å². The summed E-state index contributed by atoms with van der Waals surface area (Å²) in [5.41, 5.74) is -0.102.